The molecule has 0 radical (unpaired) electrons. The van der Waals surface area contributed by atoms with Gasteiger partial charge in [-0.2, -0.15) is 0 Å². The number of hydrogen-bond donors (Lipinski definition) is 0. The fourth-order valence-electron chi connectivity index (χ4n) is 2.08. The second kappa shape index (κ2) is 7.49. The minimum absolute atomic E-state index is 0.273. The van der Waals surface area contributed by atoms with Gasteiger partial charge in [0.25, 0.3) is 0 Å². The van der Waals surface area contributed by atoms with Crippen molar-refractivity contribution in [2.45, 2.75) is 31.5 Å². The molecule has 0 aliphatic carbocycles. The predicted octanol–water partition coefficient (Wildman–Crippen LogP) is 3.67. The van der Waals surface area contributed by atoms with Gasteiger partial charge >= 0.3 is 133 Å². The molecule has 0 spiro atoms. The number of halogens is 3. The summed E-state index contributed by atoms with van der Waals surface area (Å²) >= 11 is -0.588. The molecule has 1 saturated heterocycles. The molecule has 1 atom stereocenters. The summed E-state index contributed by atoms with van der Waals surface area (Å²) in [5.74, 6) is 0. The maximum atomic E-state index is 12.5. The van der Waals surface area contributed by atoms with Crippen molar-refractivity contribution in [3.05, 3.63) is 52.2 Å². The Labute approximate surface area is 133 Å². The van der Waals surface area contributed by atoms with E-state index in [2.05, 4.69) is 10.7 Å². The van der Waals surface area contributed by atoms with Crippen molar-refractivity contribution in [3.8, 4) is 0 Å². The average molecular weight is 410 g/mol. The average Bonchev–Trinajstić information content (AvgIpc) is 2.90. The SMILES string of the molecule is C=CCCC1C/C(=C\[Te]c2ccc(C(F)(F)F)cc2)CO1. The minimum atomic E-state index is -4.25. The summed E-state index contributed by atoms with van der Waals surface area (Å²) in [5, 5.41) is 0. The molecule has 0 N–H and O–H groups in total. The van der Waals surface area contributed by atoms with Crippen LogP contribution >= 0.6 is 0 Å². The molecule has 1 aliphatic rings. The van der Waals surface area contributed by atoms with E-state index in [9.17, 15) is 13.2 Å². The summed E-state index contributed by atoms with van der Waals surface area (Å²) in [5.41, 5.74) is 0.700. The standard InChI is InChI=1S/C16H17F3OTe/c1-2-3-4-14-9-12(10-20-14)11-21-15-7-5-13(6-8-15)16(17,18)19/h2,5-8,11,14H,1,3-4,9-10H2/b12-11+. The summed E-state index contributed by atoms with van der Waals surface area (Å²) in [4.78, 5) is 0. The first-order chi connectivity index (χ1) is 9.99. The van der Waals surface area contributed by atoms with Crippen LogP contribution in [0.5, 0.6) is 0 Å². The van der Waals surface area contributed by atoms with Crippen LogP contribution in [0.25, 0.3) is 0 Å². The monoisotopic (exact) mass is 412 g/mol. The van der Waals surface area contributed by atoms with Gasteiger partial charge in [-0.05, 0) is 0 Å². The van der Waals surface area contributed by atoms with Crippen LogP contribution in [-0.2, 0) is 10.9 Å². The summed E-state index contributed by atoms with van der Waals surface area (Å²) < 4.78 is 46.3. The van der Waals surface area contributed by atoms with Crippen LogP contribution < -0.4 is 3.61 Å². The molecule has 1 aromatic carbocycles. The van der Waals surface area contributed by atoms with Gasteiger partial charge in [-0.1, -0.05) is 0 Å². The van der Waals surface area contributed by atoms with Crippen LogP contribution in [0.15, 0.2) is 46.6 Å². The summed E-state index contributed by atoms with van der Waals surface area (Å²) in [6, 6.07) is 5.51. The number of ether oxygens (including phenoxy) is 1. The van der Waals surface area contributed by atoms with Gasteiger partial charge in [0.2, 0.25) is 0 Å². The fourth-order valence-corrected chi connectivity index (χ4v) is 4.25. The second-order valence-electron chi connectivity index (χ2n) is 4.92. The van der Waals surface area contributed by atoms with Gasteiger partial charge in [0.1, 0.15) is 0 Å². The zero-order valence-corrected chi connectivity index (χ0v) is 13.9. The van der Waals surface area contributed by atoms with Crippen molar-refractivity contribution >= 4 is 24.5 Å². The van der Waals surface area contributed by atoms with E-state index in [0.29, 0.717) is 6.61 Å². The van der Waals surface area contributed by atoms with E-state index in [4.69, 9.17) is 4.74 Å². The first kappa shape index (κ1) is 16.6. The van der Waals surface area contributed by atoms with Crippen LogP contribution in [0.2, 0.25) is 0 Å². The van der Waals surface area contributed by atoms with Gasteiger partial charge < -0.3 is 0 Å². The Morgan fingerprint density at radius 3 is 2.62 bits per heavy atom. The van der Waals surface area contributed by atoms with Crippen LogP contribution in [0.1, 0.15) is 24.8 Å². The molecule has 0 amide bonds. The summed E-state index contributed by atoms with van der Waals surface area (Å²) in [6.07, 6.45) is 0.792. The Morgan fingerprint density at radius 2 is 2.00 bits per heavy atom. The summed E-state index contributed by atoms with van der Waals surface area (Å²) in [7, 11) is 0. The Kier molecular flexibility index (Phi) is 5.92. The molecular weight excluding hydrogens is 393 g/mol. The van der Waals surface area contributed by atoms with E-state index >= 15 is 0 Å². The van der Waals surface area contributed by atoms with E-state index in [0.717, 1.165) is 35.0 Å². The number of hydrogen-bond acceptors (Lipinski definition) is 1. The normalized spacial score (nSPS) is 20.9. The van der Waals surface area contributed by atoms with Gasteiger partial charge in [-0.25, -0.2) is 0 Å². The van der Waals surface area contributed by atoms with Crippen LogP contribution in [-0.4, -0.2) is 33.6 Å². The van der Waals surface area contributed by atoms with Crippen molar-refractivity contribution in [1.29, 1.82) is 0 Å². The Bertz CT molecular complexity index is 505. The topological polar surface area (TPSA) is 9.23 Å². The molecule has 1 fully saturated rings. The molecule has 21 heavy (non-hydrogen) atoms. The Hall–Kier alpha value is -0.760. The van der Waals surface area contributed by atoms with Gasteiger partial charge in [-0.3, -0.25) is 0 Å². The molecule has 1 aliphatic heterocycles. The maximum absolute atomic E-state index is 12.5. The molecule has 1 heterocycles. The number of benzene rings is 1. The first-order valence-corrected chi connectivity index (χ1v) is 9.24. The zero-order valence-electron chi connectivity index (χ0n) is 11.5. The van der Waals surface area contributed by atoms with Gasteiger partial charge in [0.15, 0.2) is 0 Å². The summed E-state index contributed by atoms with van der Waals surface area (Å²) in [6.45, 7) is 4.36. The van der Waals surface area contributed by atoms with E-state index in [1.165, 1.54) is 5.57 Å². The number of alkyl halides is 3. The van der Waals surface area contributed by atoms with E-state index in [1.54, 1.807) is 12.1 Å². The molecule has 0 saturated carbocycles. The van der Waals surface area contributed by atoms with Crippen LogP contribution in [0.4, 0.5) is 13.2 Å². The zero-order chi connectivity index (χ0) is 15.3. The van der Waals surface area contributed by atoms with Gasteiger partial charge in [0, 0.05) is 0 Å². The third-order valence-corrected chi connectivity index (χ3v) is 6.07. The third-order valence-electron chi connectivity index (χ3n) is 3.23. The molecule has 5 heteroatoms. The third kappa shape index (κ3) is 5.18. The number of allylic oxidation sites excluding steroid dienone is 1. The van der Waals surface area contributed by atoms with Crippen molar-refractivity contribution in [2.75, 3.05) is 6.61 Å². The van der Waals surface area contributed by atoms with Crippen molar-refractivity contribution in [2.24, 2.45) is 0 Å². The van der Waals surface area contributed by atoms with Gasteiger partial charge in [-0.15, -0.1) is 0 Å². The molecule has 1 aromatic rings. The molecule has 0 aromatic heterocycles. The quantitative estimate of drug-likeness (QED) is 0.532. The molecular formula is C16H17F3OTe. The van der Waals surface area contributed by atoms with Crippen molar-refractivity contribution in [3.63, 3.8) is 0 Å². The molecule has 1 nitrogen and oxygen atoms in total. The van der Waals surface area contributed by atoms with Crippen molar-refractivity contribution in [1.82, 2.24) is 0 Å². The van der Waals surface area contributed by atoms with Crippen LogP contribution in [0, 0.1) is 0 Å². The Morgan fingerprint density at radius 1 is 1.29 bits per heavy atom. The molecule has 114 valence electrons. The molecule has 2 rings (SSSR count). The van der Waals surface area contributed by atoms with E-state index in [1.807, 2.05) is 6.08 Å². The molecule has 0 bridgehead atoms. The molecule has 1 unspecified atom stereocenters. The Balaban J connectivity index is 1.88. The van der Waals surface area contributed by atoms with Crippen molar-refractivity contribution < 1.29 is 17.9 Å². The number of rotatable bonds is 5. The fraction of sp³-hybridized carbons (Fsp3) is 0.375. The van der Waals surface area contributed by atoms with Crippen LogP contribution in [0.3, 0.4) is 0 Å². The first-order valence-electron chi connectivity index (χ1n) is 6.73. The van der Waals surface area contributed by atoms with Gasteiger partial charge in [0.05, 0.1) is 0 Å². The second-order valence-corrected chi connectivity index (χ2v) is 7.61. The predicted molar refractivity (Wildman–Crippen MR) is 78.7 cm³/mol. The van der Waals surface area contributed by atoms with E-state index < -0.39 is 32.7 Å². The van der Waals surface area contributed by atoms with E-state index in [-0.39, 0.29) is 6.10 Å².